The second-order valence-electron chi connectivity index (χ2n) is 7.26. The zero-order valence-electron chi connectivity index (χ0n) is 15.9. The number of para-hydroxylation sites is 1. The third-order valence-electron chi connectivity index (χ3n) is 5.29. The Bertz CT molecular complexity index is 1170. The maximum Gasteiger partial charge on any atom is 0.258 e. The average Bonchev–Trinajstić information content (AvgIpc) is 3.41. The maximum atomic E-state index is 12.2. The van der Waals surface area contributed by atoms with E-state index in [0.29, 0.717) is 11.7 Å². The van der Waals surface area contributed by atoms with Crippen LogP contribution in [0.3, 0.4) is 0 Å². The van der Waals surface area contributed by atoms with E-state index < -0.39 is 0 Å². The molecule has 1 aromatic carbocycles. The van der Waals surface area contributed by atoms with Crippen LogP contribution in [0, 0.1) is 0 Å². The molecule has 0 atom stereocenters. The number of hydrogen-bond donors (Lipinski definition) is 0. The van der Waals surface area contributed by atoms with Crippen molar-refractivity contribution >= 4 is 28.1 Å². The van der Waals surface area contributed by atoms with Crippen LogP contribution in [0.15, 0.2) is 57.9 Å². The van der Waals surface area contributed by atoms with E-state index >= 15 is 0 Å². The average molecular weight is 424 g/mol. The Hall–Kier alpha value is -2.45. The van der Waals surface area contributed by atoms with Gasteiger partial charge in [-0.05, 0) is 25.0 Å². The van der Waals surface area contributed by atoms with Crippen molar-refractivity contribution in [1.29, 1.82) is 0 Å². The summed E-state index contributed by atoms with van der Waals surface area (Å²) in [6, 6.07) is 11.8. The minimum atomic E-state index is -0.0440. The summed E-state index contributed by atoms with van der Waals surface area (Å²) in [4.78, 5) is 22.4. The normalized spacial score (nSPS) is 15.2. The number of aromatic nitrogens is 5. The Morgan fingerprint density at radius 1 is 1.10 bits per heavy atom. The van der Waals surface area contributed by atoms with Crippen molar-refractivity contribution in [2.45, 2.75) is 48.9 Å². The van der Waals surface area contributed by atoms with Crippen molar-refractivity contribution in [2.75, 3.05) is 0 Å². The number of thioether (sulfide) groups is 1. The largest absolute Gasteiger partial charge is 0.269 e. The van der Waals surface area contributed by atoms with Gasteiger partial charge in [0.25, 0.3) is 5.56 Å². The fourth-order valence-electron chi connectivity index (χ4n) is 3.85. The maximum absolute atomic E-state index is 12.2. The number of fused-ring (bicyclic) bond motifs is 1. The van der Waals surface area contributed by atoms with Gasteiger partial charge in [0.05, 0.1) is 11.4 Å². The molecule has 1 fully saturated rings. The number of rotatable bonds is 5. The van der Waals surface area contributed by atoms with Gasteiger partial charge in [-0.2, -0.15) is 0 Å². The molecule has 0 amide bonds. The van der Waals surface area contributed by atoms with Gasteiger partial charge in [-0.3, -0.25) is 9.20 Å². The predicted molar refractivity (Wildman–Crippen MR) is 116 cm³/mol. The molecule has 3 aromatic heterocycles. The molecule has 4 aromatic rings. The second kappa shape index (κ2) is 8.12. The van der Waals surface area contributed by atoms with Gasteiger partial charge < -0.3 is 0 Å². The Balaban J connectivity index is 1.43. The van der Waals surface area contributed by atoms with Gasteiger partial charge in [0.15, 0.2) is 4.96 Å². The molecule has 1 saturated carbocycles. The van der Waals surface area contributed by atoms with Crippen LogP contribution < -0.4 is 5.56 Å². The summed E-state index contributed by atoms with van der Waals surface area (Å²) < 4.78 is 3.57. The Labute approximate surface area is 176 Å². The SMILES string of the molecule is O=c1cc(CSc2nc(C3CCCCC3)n(-c3ccccc3)n2)nc2sccn12. The van der Waals surface area contributed by atoms with E-state index in [2.05, 4.69) is 17.1 Å². The fourth-order valence-corrected chi connectivity index (χ4v) is 5.31. The van der Waals surface area contributed by atoms with E-state index in [1.807, 2.05) is 28.3 Å². The summed E-state index contributed by atoms with van der Waals surface area (Å²) in [5.74, 6) is 2.09. The third-order valence-corrected chi connectivity index (χ3v) is 6.92. The van der Waals surface area contributed by atoms with Crippen molar-refractivity contribution < 1.29 is 0 Å². The minimum absolute atomic E-state index is 0.0440. The van der Waals surface area contributed by atoms with Crippen LogP contribution in [0.25, 0.3) is 10.6 Å². The first-order valence-corrected chi connectivity index (χ1v) is 11.8. The molecule has 0 saturated heterocycles. The standard InChI is InChI=1S/C21H21N5OS2/c27-18-13-16(22-21-25(18)11-12-28-21)14-29-20-23-19(15-7-3-1-4-8-15)26(24-20)17-9-5-2-6-10-17/h2,5-6,9-13,15H,1,3-4,7-8,14H2. The molecule has 0 radical (unpaired) electrons. The molecule has 8 heteroatoms. The van der Waals surface area contributed by atoms with Crippen molar-refractivity contribution in [3.8, 4) is 5.69 Å². The number of thiazole rings is 1. The predicted octanol–water partition coefficient (Wildman–Crippen LogP) is 4.68. The van der Waals surface area contributed by atoms with Gasteiger partial charge in [-0.15, -0.1) is 16.4 Å². The Morgan fingerprint density at radius 2 is 1.93 bits per heavy atom. The topological polar surface area (TPSA) is 65.1 Å². The highest BCUT2D eigenvalue weighted by atomic mass is 32.2. The van der Waals surface area contributed by atoms with Crippen LogP contribution >= 0.6 is 23.1 Å². The van der Waals surface area contributed by atoms with Crippen LogP contribution in [0.4, 0.5) is 0 Å². The molecular weight excluding hydrogens is 402 g/mol. The monoisotopic (exact) mass is 423 g/mol. The van der Waals surface area contributed by atoms with E-state index in [9.17, 15) is 4.79 Å². The molecule has 1 aliphatic carbocycles. The highest BCUT2D eigenvalue weighted by Crippen LogP contribution is 2.34. The summed E-state index contributed by atoms with van der Waals surface area (Å²) >= 11 is 3.01. The zero-order chi connectivity index (χ0) is 19.6. The zero-order valence-corrected chi connectivity index (χ0v) is 17.5. The second-order valence-corrected chi connectivity index (χ2v) is 9.08. The van der Waals surface area contributed by atoms with Crippen molar-refractivity contribution in [2.24, 2.45) is 0 Å². The van der Waals surface area contributed by atoms with Gasteiger partial charge in [-0.25, -0.2) is 14.6 Å². The molecule has 1 aliphatic rings. The summed E-state index contributed by atoms with van der Waals surface area (Å²) in [5.41, 5.74) is 1.76. The lowest BCUT2D eigenvalue weighted by Crippen LogP contribution is -2.12. The first-order valence-electron chi connectivity index (χ1n) is 9.89. The number of benzene rings is 1. The molecular formula is C21H21N5OS2. The van der Waals surface area contributed by atoms with Gasteiger partial charge in [0.1, 0.15) is 5.82 Å². The molecule has 0 unspecified atom stereocenters. The van der Waals surface area contributed by atoms with Gasteiger partial charge in [-0.1, -0.05) is 49.2 Å². The van der Waals surface area contributed by atoms with E-state index in [-0.39, 0.29) is 5.56 Å². The first kappa shape index (κ1) is 18.6. The van der Waals surface area contributed by atoms with Crippen LogP contribution in [-0.4, -0.2) is 24.1 Å². The summed E-state index contributed by atoms with van der Waals surface area (Å²) in [7, 11) is 0. The molecule has 0 spiro atoms. The van der Waals surface area contributed by atoms with Crippen molar-refractivity contribution in [3.05, 3.63) is 69.8 Å². The van der Waals surface area contributed by atoms with Crippen molar-refractivity contribution in [3.63, 3.8) is 0 Å². The van der Waals surface area contributed by atoms with Gasteiger partial charge in [0, 0.05) is 29.3 Å². The van der Waals surface area contributed by atoms with Gasteiger partial charge in [0.2, 0.25) is 5.16 Å². The fraction of sp³-hybridized carbons (Fsp3) is 0.333. The summed E-state index contributed by atoms with van der Waals surface area (Å²) in [6.45, 7) is 0. The summed E-state index contributed by atoms with van der Waals surface area (Å²) in [6.07, 6.45) is 7.91. The molecule has 29 heavy (non-hydrogen) atoms. The van der Waals surface area contributed by atoms with Crippen LogP contribution in [-0.2, 0) is 5.75 Å². The highest BCUT2D eigenvalue weighted by Gasteiger charge is 2.23. The lowest BCUT2D eigenvalue weighted by Gasteiger charge is -2.21. The van der Waals surface area contributed by atoms with Crippen LogP contribution in [0.2, 0.25) is 0 Å². The first-order chi connectivity index (χ1) is 14.3. The highest BCUT2D eigenvalue weighted by molar-refractivity contribution is 7.98. The van der Waals surface area contributed by atoms with E-state index in [0.717, 1.165) is 27.3 Å². The van der Waals surface area contributed by atoms with E-state index in [1.54, 1.807) is 16.7 Å². The van der Waals surface area contributed by atoms with Gasteiger partial charge >= 0.3 is 0 Å². The molecule has 3 heterocycles. The van der Waals surface area contributed by atoms with Crippen LogP contribution in [0.1, 0.15) is 49.5 Å². The Kier molecular flexibility index (Phi) is 5.20. The molecule has 0 bridgehead atoms. The molecule has 0 N–H and O–H groups in total. The minimum Gasteiger partial charge on any atom is -0.269 e. The number of hydrogen-bond acceptors (Lipinski definition) is 6. The summed E-state index contributed by atoms with van der Waals surface area (Å²) in [5, 5.41) is 7.42. The van der Waals surface area contributed by atoms with E-state index in [1.165, 1.54) is 55.2 Å². The Morgan fingerprint density at radius 3 is 2.76 bits per heavy atom. The molecule has 0 aliphatic heterocycles. The lowest BCUT2D eigenvalue weighted by molar-refractivity contribution is 0.422. The number of nitrogens with zero attached hydrogens (tertiary/aromatic N) is 5. The van der Waals surface area contributed by atoms with Crippen LogP contribution in [0.5, 0.6) is 0 Å². The molecule has 6 nitrogen and oxygen atoms in total. The lowest BCUT2D eigenvalue weighted by atomic mass is 9.88. The smallest absolute Gasteiger partial charge is 0.258 e. The van der Waals surface area contributed by atoms with Crippen molar-refractivity contribution in [1.82, 2.24) is 24.1 Å². The quantitative estimate of drug-likeness (QED) is 0.436. The molecule has 5 rings (SSSR count). The third kappa shape index (κ3) is 3.86. The van der Waals surface area contributed by atoms with E-state index in [4.69, 9.17) is 10.1 Å². The molecule has 148 valence electrons.